The summed E-state index contributed by atoms with van der Waals surface area (Å²) in [6.07, 6.45) is 4.59. The van der Waals surface area contributed by atoms with Gasteiger partial charge in [0.15, 0.2) is 5.16 Å². The fourth-order valence-corrected chi connectivity index (χ4v) is 3.53. The molecule has 100 valence electrons. The first-order valence-electron chi connectivity index (χ1n) is 6.84. The SMILES string of the molecule is Cc1ccc2nc(SCC(=O)C3CCCC3)[nH]c2c1. The number of aromatic amines is 1. The number of Topliss-reactive ketones (excluding diaryl/α,β-unsaturated/α-hetero) is 1. The largest absolute Gasteiger partial charge is 0.333 e. The number of ketones is 1. The number of benzene rings is 1. The van der Waals surface area contributed by atoms with Gasteiger partial charge in [0, 0.05) is 5.92 Å². The molecule has 1 saturated carbocycles. The molecule has 1 aromatic carbocycles. The number of nitrogens with one attached hydrogen (secondary N) is 1. The molecule has 0 radical (unpaired) electrons. The monoisotopic (exact) mass is 274 g/mol. The fraction of sp³-hybridized carbons (Fsp3) is 0.467. The number of imidazole rings is 1. The van der Waals surface area contributed by atoms with Gasteiger partial charge in [-0.1, -0.05) is 30.7 Å². The summed E-state index contributed by atoms with van der Waals surface area (Å²) in [5, 5.41) is 0.854. The highest BCUT2D eigenvalue weighted by atomic mass is 32.2. The molecule has 0 bridgehead atoms. The van der Waals surface area contributed by atoms with E-state index in [1.165, 1.54) is 30.2 Å². The highest BCUT2D eigenvalue weighted by Crippen LogP contribution is 2.28. The Labute approximate surface area is 117 Å². The Morgan fingerprint density at radius 3 is 3.00 bits per heavy atom. The minimum atomic E-state index is 0.305. The number of hydrogen-bond acceptors (Lipinski definition) is 3. The summed E-state index contributed by atoms with van der Waals surface area (Å²) in [7, 11) is 0. The van der Waals surface area contributed by atoms with E-state index in [1.807, 2.05) is 6.07 Å². The van der Waals surface area contributed by atoms with Crippen molar-refractivity contribution in [1.82, 2.24) is 9.97 Å². The first-order chi connectivity index (χ1) is 9.22. The van der Waals surface area contributed by atoms with E-state index in [9.17, 15) is 4.79 Å². The van der Waals surface area contributed by atoms with Crippen molar-refractivity contribution >= 4 is 28.6 Å². The van der Waals surface area contributed by atoms with Crippen molar-refractivity contribution in [3.05, 3.63) is 23.8 Å². The van der Waals surface area contributed by atoms with E-state index in [1.54, 1.807) is 0 Å². The van der Waals surface area contributed by atoms with Crippen LogP contribution in [0, 0.1) is 12.8 Å². The first-order valence-corrected chi connectivity index (χ1v) is 7.83. The third kappa shape index (κ3) is 2.84. The summed E-state index contributed by atoms with van der Waals surface area (Å²) in [5.74, 6) is 1.24. The number of nitrogens with zero attached hydrogens (tertiary/aromatic N) is 1. The Kier molecular flexibility index (Phi) is 3.60. The fourth-order valence-electron chi connectivity index (χ4n) is 2.67. The molecule has 3 nitrogen and oxygen atoms in total. The van der Waals surface area contributed by atoms with Crippen LogP contribution in [-0.2, 0) is 4.79 Å². The van der Waals surface area contributed by atoms with Crippen molar-refractivity contribution in [2.45, 2.75) is 37.8 Å². The molecule has 0 aliphatic heterocycles. The standard InChI is InChI=1S/C15H18N2OS/c1-10-6-7-12-13(8-10)17-15(16-12)19-9-14(18)11-4-2-3-5-11/h6-8,11H,2-5,9H2,1H3,(H,16,17). The molecule has 1 N–H and O–H groups in total. The number of hydrogen-bond donors (Lipinski definition) is 1. The quantitative estimate of drug-likeness (QED) is 0.864. The van der Waals surface area contributed by atoms with Crippen molar-refractivity contribution < 1.29 is 4.79 Å². The Bertz CT molecular complexity index is 599. The van der Waals surface area contributed by atoms with Crippen LogP contribution >= 0.6 is 11.8 Å². The average molecular weight is 274 g/mol. The summed E-state index contributed by atoms with van der Waals surface area (Å²) in [6, 6.07) is 6.16. The number of H-pyrrole nitrogens is 1. The van der Waals surface area contributed by atoms with E-state index in [-0.39, 0.29) is 0 Å². The Morgan fingerprint density at radius 1 is 1.42 bits per heavy atom. The minimum Gasteiger partial charge on any atom is -0.333 e. The number of rotatable bonds is 4. The number of thioether (sulfide) groups is 1. The van der Waals surface area contributed by atoms with Gasteiger partial charge < -0.3 is 4.98 Å². The number of carbonyl (C=O) groups excluding carboxylic acids is 1. The minimum absolute atomic E-state index is 0.305. The number of aromatic nitrogens is 2. The third-order valence-corrected chi connectivity index (χ3v) is 4.67. The van der Waals surface area contributed by atoms with Gasteiger partial charge in [0.1, 0.15) is 5.78 Å². The van der Waals surface area contributed by atoms with Gasteiger partial charge in [0.05, 0.1) is 16.8 Å². The van der Waals surface area contributed by atoms with Gasteiger partial charge in [-0.3, -0.25) is 4.79 Å². The lowest BCUT2D eigenvalue weighted by molar-refractivity contribution is -0.120. The smallest absolute Gasteiger partial charge is 0.166 e. The molecule has 3 rings (SSSR count). The Hall–Kier alpha value is -1.29. The summed E-state index contributed by atoms with van der Waals surface area (Å²) in [4.78, 5) is 19.8. The van der Waals surface area contributed by atoms with Gasteiger partial charge in [-0.05, 0) is 37.5 Å². The average Bonchev–Trinajstić information content (AvgIpc) is 3.04. The predicted octanol–water partition coefficient (Wildman–Crippen LogP) is 3.72. The molecular weight excluding hydrogens is 256 g/mol. The molecule has 0 amide bonds. The molecule has 4 heteroatoms. The van der Waals surface area contributed by atoms with Gasteiger partial charge >= 0.3 is 0 Å². The van der Waals surface area contributed by atoms with Crippen LogP contribution < -0.4 is 0 Å². The van der Waals surface area contributed by atoms with Gasteiger partial charge in [-0.15, -0.1) is 0 Å². The molecule has 0 atom stereocenters. The second-order valence-electron chi connectivity index (χ2n) is 5.30. The van der Waals surface area contributed by atoms with Crippen LogP contribution in [0.1, 0.15) is 31.2 Å². The van der Waals surface area contributed by atoms with Gasteiger partial charge in [-0.25, -0.2) is 4.98 Å². The zero-order valence-corrected chi connectivity index (χ0v) is 11.9. The number of carbonyl (C=O) groups is 1. The predicted molar refractivity (Wildman–Crippen MR) is 78.5 cm³/mol. The lowest BCUT2D eigenvalue weighted by Crippen LogP contribution is -2.13. The van der Waals surface area contributed by atoms with Crippen molar-refractivity contribution in [3.8, 4) is 0 Å². The molecule has 1 heterocycles. The molecule has 1 aliphatic rings. The molecule has 1 aliphatic carbocycles. The molecule has 0 saturated heterocycles. The van der Waals surface area contributed by atoms with Crippen molar-refractivity contribution in [2.75, 3.05) is 5.75 Å². The number of fused-ring (bicyclic) bond motifs is 1. The van der Waals surface area contributed by atoms with E-state index in [0.29, 0.717) is 17.5 Å². The van der Waals surface area contributed by atoms with Crippen molar-refractivity contribution in [3.63, 3.8) is 0 Å². The maximum absolute atomic E-state index is 12.0. The van der Waals surface area contributed by atoms with Crippen molar-refractivity contribution in [1.29, 1.82) is 0 Å². The molecule has 1 aromatic heterocycles. The zero-order chi connectivity index (χ0) is 13.2. The lowest BCUT2D eigenvalue weighted by Gasteiger charge is -2.05. The van der Waals surface area contributed by atoms with E-state index in [4.69, 9.17) is 0 Å². The van der Waals surface area contributed by atoms with E-state index in [2.05, 4.69) is 29.0 Å². The van der Waals surface area contributed by atoms with Crippen LogP contribution in [0.15, 0.2) is 23.4 Å². The molecule has 2 aromatic rings. The van der Waals surface area contributed by atoms with Gasteiger partial charge in [0.25, 0.3) is 0 Å². The van der Waals surface area contributed by atoms with Crippen LogP contribution in [0.3, 0.4) is 0 Å². The van der Waals surface area contributed by atoms with Crippen LogP contribution in [0.2, 0.25) is 0 Å². The normalized spacial score (nSPS) is 16.3. The second kappa shape index (κ2) is 5.37. The highest BCUT2D eigenvalue weighted by molar-refractivity contribution is 7.99. The zero-order valence-electron chi connectivity index (χ0n) is 11.1. The van der Waals surface area contributed by atoms with Crippen LogP contribution in [0.5, 0.6) is 0 Å². The van der Waals surface area contributed by atoms with E-state index >= 15 is 0 Å². The Balaban J connectivity index is 1.66. The van der Waals surface area contributed by atoms with Crippen LogP contribution in [0.4, 0.5) is 0 Å². The summed E-state index contributed by atoms with van der Waals surface area (Å²) < 4.78 is 0. The van der Waals surface area contributed by atoms with E-state index in [0.717, 1.165) is 29.0 Å². The summed E-state index contributed by atoms with van der Waals surface area (Å²) in [6.45, 7) is 2.07. The van der Waals surface area contributed by atoms with Gasteiger partial charge in [0.2, 0.25) is 0 Å². The van der Waals surface area contributed by atoms with E-state index < -0.39 is 0 Å². The second-order valence-corrected chi connectivity index (χ2v) is 6.26. The van der Waals surface area contributed by atoms with Crippen LogP contribution in [0.25, 0.3) is 11.0 Å². The number of aryl methyl sites for hydroxylation is 1. The maximum atomic E-state index is 12.0. The van der Waals surface area contributed by atoms with Crippen molar-refractivity contribution in [2.24, 2.45) is 5.92 Å². The molecule has 19 heavy (non-hydrogen) atoms. The third-order valence-electron chi connectivity index (χ3n) is 3.78. The molecule has 1 fully saturated rings. The lowest BCUT2D eigenvalue weighted by atomic mass is 10.0. The van der Waals surface area contributed by atoms with Crippen LogP contribution in [-0.4, -0.2) is 21.5 Å². The Morgan fingerprint density at radius 2 is 2.21 bits per heavy atom. The first kappa shape index (κ1) is 12.7. The highest BCUT2D eigenvalue weighted by Gasteiger charge is 2.22. The summed E-state index contributed by atoms with van der Waals surface area (Å²) in [5.41, 5.74) is 3.24. The van der Waals surface area contributed by atoms with Gasteiger partial charge in [-0.2, -0.15) is 0 Å². The topological polar surface area (TPSA) is 45.8 Å². The summed E-state index contributed by atoms with van der Waals surface area (Å²) >= 11 is 1.53. The molecule has 0 unspecified atom stereocenters. The molecular formula is C15H18N2OS. The maximum Gasteiger partial charge on any atom is 0.166 e. The molecule has 0 spiro atoms.